The molecular weight excluding hydrogens is 733 g/mol. The van der Waals surface area contributed by atoms with Crippen molar-refractivity contribution < 1.29 is 55.7 Å². The van der Waals surface area contributed by atoms with E-state index in [0.717, 1.165) is 0 Å². The molecule has 0 unspecified atom stereocenters. The number of hydrogen-bond donors (Lipinski definition) is 3. The van der Waals surface area contributed by atoms with Crippen LogP contribution in [0.5, 0.6) is 0 Å². The van der Waals surface area contributed by atoms with E-state index in [1.807, 2.05) is 24.3 Å². The monoisotopic (exact) mass is 784 g/mol. The van der Waals surface area contributed by atoms with Gasteiger partial charge < -0.3 is 49.4 Å². The Morgan fingerprint density at radius 3 is 1.49 bits per heavy atom. The van der Waals surface area contributed by atoms with Gasteiger partial charge in [0.25, 0.3) is 10.1 Å². The van der Waals surface area contributed by atoms with E-state index in [4.69, 9.17) is 49.4 Å². The molecule has 0 heterocycles. The van der Waals surface area contributed by atoms with Crippen LogP contribution in [0.4, 0.5) is 11.4 Å². The van der Waals surface area contributed by atoms with E-state index < -0.39 is 10.1 Å². The normalized spacial score (nSPS) is 12.9. The number of nitrogen functional groups attached to an aromatic ring is 2. The van der Waals surface area contributed by atoms with Crippen molar-refractivity contribution in [1.82, 2.24) is 0 Å². The van der Waals surface area contributed by atoms with Crippen LogP contribution in [0.3, 0.4) is 0 Å². The lowest BCUT2D eigenvalue weighted by Gasteiger charge is -2.23. The summed E-state index contributed by atoms with van der Waals surface area (Å²) in [6.07, 6.45) is 1.61. The van der Waals surface area contributed by atoms with Crippen molar-refractivity contribution in [3.05, 3.63) is 93.6 Å². The van der Waals surface area contributed by atoms with Gasteiger partial charge in [-0.1, -0.05) is 18.2 Å². The number of carbonyl (C=O) groups is 1. The first-order chi connectivity index (χ1) is 26.5. The number of fused-ring (bicyclic) bond motifs is 1. The quantitative estimate of drug-likeness (QED) is 0.0472. The van der Waals surface area contributed by atoms with E-state index >= 15 is 0 Å². The van der Waals surface area contributed by atoms with Crippen LogP contribution in [-0.4, -0.2) is 112 Å². The standard InChI is InChI=1S/C40H52N2O12S/c1-28-22-31-25-34(55(44,45)46)6-7-35(31)39(40(28)43)38(29-4-8-36(41)32(23-29)26-53-20-18-51-16-14-49-12-10-47-2)30-5-9-37(42)33(24-30)27-54-21-19-52-17-15-50-13-11-48-3/h4-9,22-25H,10-21,26-27,41-42H2,1-3H3,(H,44,45,46). The second-order valence-electron chi connectivity index (χ2n) is 12.5. The number of carbonyl (C=O) groups excluding carboxylic acids is 1. The van der Waals surface area contributed by atoms with Crippen LogP contribution in [0.25, 0.3) is 17.2 Å². The number of ketones is 1. The number of benzene rings is 3. The van der Waals surface area contributed by atoms with E-state index in [1.54, 1.807) is 39.4 Å². The molecule has 1 aliphatic rings. The Morgan fingerprint density at radius 1 is 0.618 bits per heavy atom. The molecule has 0 atom stereocenters. The molecule has 0 saturated carbocycles. The van der Waals surface area contributed by atoms with Crippen molar-refractivity contribution >= 4 is 44.5 Å². The van der Waals surface area contributed by atoms with E-state index in [1.165, 1.54) is 18.2 Å². The van der Waals surface area contributed by atoms with Crippen molar-refractivity contribution in [3.8, 4) is 0 Å². The fourth-order valence-electron chi connectivity index (χ4n) is 5.67. The third kappa shape index (κ3) is 13.3. The zero-order valence-electron chi connectivity index (χ0n) is 31.7. The number of hydrogen-bond acceptors (Lipinski definition) is 13. The van der Waals surface area contributed by atoms with Crippen LogP contribution in [0, 0.1) is 0 Å². The van der Waals surface area contributed by atoms with Crippen molar-refractivity contribution in [2.75, 3.05) is 105 Å². The zero-order chi connectivity index (χ0) is 39.6. The Labute approximate surface area is 323 Å². The highest BCUT2D eigenvalue weighted by Gasteiger charge is 2.28. The van der Waals surface area contributed by atoms with E-state index in [-0.39, 0.29) is 23.9 Å². The summed E-state index contributed by atoms with van der Waals surface area (Å²) < 4.78 is 77.6. The first-order valence-electron chi connectivity index (χ1n) is 17.9. The molecule has 0 fully saturated rings. The predicted octanol–water partition coefficient (Wildman–Crippen LogP) is 4.44. The maximum absolute atomic E-state index is 14.2. The lowest BCUT2D eigenvalue weighted by molar-refractivity contribution is -0.110. The van der Waals surface area contributed by atoms with Crippen molar-refractivity contribution in [3.63, 3.8) is 0 Å². The van der Waals surface area contributed by atoms with Gasteiger partial charge in [-0.05, 0) is 77.2 Å². The number of Topliss-reactive ketones (excluding diaryl/α,β-unsaturated/α-hetero) is 1. The minimum atomic E-state index is -4.50. The second-order valence-corrected chi connectivity index (χ2v) is 13.9. The smallest absolute Gasteiger partial charge is 0.294 e. The molecule has 3 aromatic rings. The minimum absolute atomic E-state index is 0.180. The lowest BCUT2D eigenvalue weighted by atomic mass is 9.80. The van der Waals surface area contributed by atoms with Gasteiger partial charge in [0.1, 0.15) is 0 Å². The maximum atomic E-state index is 14.2. The summed E-state index contributed by atoms with van der Waals surface area (Å²) in [5, 5.41) is 0. The summed E-state index contributed by atoms with van der Waals surface area (Å²) in [4.78, 5) is 13.9. The molecule has 0 bridgehead atoms. The molecule has 55 heavy (non-hydrogen) atoms. The van der Waals surface area contributed by atoms with Crippen LogP contribution in [0.1, 0.15) is 40.3 Å². The van der Waals surface area contributed by atoms with Gasteiger partial charge in [-0.2, -0.15) is 8.42 Å². The molecule has 4 rings (SSSR count). The Balaban J connectivity index is 1.62. The maximum Gasteiger partial charge on any atom is 0.294 e. The number of anilines is 2. The van der Waals surface area contributed by atoms with Gasteiger partial charge in [0.15, 0.2) is 5.78 Å². The molecule has 1 aliphatic carbocycles. The van der Waals surface area contributed by atoms with Gasteiger partial charge in [-0.25, -0.2) is 0 Å². The number of rotatable bonds is 25. The molecule has 0 saturated heterocycles. The molecule has 14 nitrogen and oxygen atoms in total. The number of ether oxygens (including phenoxy) is 8. The highest BCUT2D eigenvalue weighted by atomic mass is 32.2. The van der Waals surface area contributed by atoms with E-state index in [9.17, 15) is 17.8 Å². The van der Waals surface area contributed by atoms with Gasteiger partial charge in [0.05, 0.1) is 97.4 Å². The molecule has 0 spiro atoms. The molecule has 3 aromatic carbocycles. The van der Waals surface area contributed by atoms with Gasteiger partial charge in [0.2, 0.25) is 0 Å². The third-order valence-electron chi connectivity index (χ3n) is 8.53. The average molecular weight is 785 g/mol. The van der Waals surface area contributed by atoms with Gasteiger partial charge in [-0.15, -0.1) is 0 Å². The van der Waals surface area contributed by atoms with Crippen molar-refractivity contribution in [1.29, 1.82) is 0 Å². The average Bonchev–Trinajstić information content (AvgIpc) is 3.16. The molecule has 300 valence electrons. The number of methoxy groups -OCH3 is 2. The van der Waals surface area contributed by atoms with Crippen LogP contribution < -0.4 is 11.5 Å². The lowest BCUT2D eigenvalue weighted by Crippen LogP contribution is -2.14. The summed E-state index contributed by atoms with van der Waals surface area (Å²) in [7, 11) is -1.27. The molecule has 15 heteroatoms. The fraction of sp³-hybridized carbons (Fsp3) is 0.425. The molecule has 0 amide bonds. The number of allylic oxidation sites excluding steroid dienone is 2. The number of nitrogens with two attached hydrogens (primary N) is 2. The van der Waals surface area contributed by atoms with Gasteiger partial charge >= 0.3 is 0 Å². The predicted molar refractivity (Wildman–Crippen MR) is 209 cm³/mol. The Bertz CT molecular complexity index is 1820. The summed E-state index contributed by atoms with van der Waals surface area (Å²) in [6.45, 7) is 7.14. The fourth-order valence-corrected chi connectivity index (χ4v) is 6.19. The molecule has 0 radical (unpaired) electrons. The summed E-state index contributed by atoms with van der Waals surface area (Å²) in [5.74, 6) is -0.252. The topological polar surface area (TPSA) is 197 Å². The molecule has 0 aliphatic heterocycles. The SMILES string of the molecule is COCCOCCOCCOCc1cc(C(=C2C(=O)C(C)=Cc3cc(S(=O)(=O)O)ccc32)c2ccc(N)c(COCCOCCOCCOC)c2)ccc1N. The largest absolute Gasteiger partial charge is 0.398 e. The minimum Gasteiger partial charge on any atom is -0.398 e. The van der Waals surface area contributed by atoms with Gasteiger partial charge in [0, 0.05) is 47.9 Å². The Kier molecular flexibility index (Phi) is 17.9. The summed E-state index contributed by atoms with van der Waals surface area (Å²) in [5.41, 5.74) is 18.8. The third-order valence-corrected chi connectivity index (χ3v) is 9.38. The van der Waals surface area contributed by atoms with Crippen LogP contribution in [0.15, 0.2) is 65.1 Å². The van der Waals surface area contributed by atoms with E-state index in [2.05, 4.69) is 0 Å². The van der Waals surface area contributed by atoms with E-state index in [0.29, 0.717) is 141 Å². The van der Waals surface area contributed by atoms with Crippen LogP contribution >= 0.6 is 0 Å². The highest BCUT2D eigenvalue weighted by molar-refractivity contribution is 7.85. The second kappa shape index (κ2) is 22.5. The molecule has 5 N–H and O–H groups in total. The van der Waals surface area contributed by atoms with Gasteiger partial charge in [-0.3, -0.25) is 9.35 Å². The Hall–Kier alpha value is -4.00. The Morgan fingerprint density at radius 2 is 1.05 bits per heavy atom. The van der Waals surface area contributed by atoms with Crippen molar-refractivity contribution in [2.45, 2.75) is 25.0 Å². The first-order valence-corrected chi connectivity index (χ1v) is 19.3. The summed E-state index contributed by atoms with van der Waals surface area (Å²) >= 11 is 0. The van der Waals surface area contributed by atoms with Crippen molar-refractivity contribution in [2.24, 2.45) is 0 Å². The van der Waals surface area contributed by atoms with Crippen LogP contribution in [0.2, 0.25) is 0 Å². The zero-order valence-corrected chi connectivity index (χ0v) is 32.5. The molecular formula is C40H52N2O12S. The highest BCUT2D eigenvalue weighted by Crippen LogP contribution is 2.41. The first kappa shape index (κ1) is 43.7. The summed E-state index contributed by atoms with van der Waals surface area (Å²) in [6, 6.07) is 15.1. The van der Waals surface area contributed by atoms with Crippen LogP contribution in [-0.2, 0) is 66.0 Å². The molecule has 0 aromatic heterocycles.